The van der Waals surface area contributed by atoms with Crippen LogP contribution in [0.15, 0.2) is 0 Å². The number of hydrogen-bond donors (Lipinski definition) is 2. The van der Waals surface area contributed by atoms with Crippen LogP contribution in [0.5, 0.6) is 0 Å². The molecule has 19 heavy (non-hydrogen) atoms. The van der Waals surface area contributed by atoms with Crippen molar-refractivity contribution in [2.24, 2.45) is 11.7 Å². The summed E-state index contributed by atoms with van der Waals surface area (Å²) in [5.41, 5.74) is 5.84. The normalized spacial score (nSPS) is 18.7. The van der Waals surface area contributed by atoms with Crippen molar-refractivity contribution in [2.75, 3.05) is 39.4 Å². The molecule has 1 aliphatic rings. The van der Waals surface area contributed by atoms with Gasteiger partial charge in [0.05, 0.1) is 19.3 Å². The van der Waals surface area contributed by atoms with Crippen LogP contribution in [0.25, 0.3) is 0 Å². The summed E-state index contributed by atoms with van der Waals surface area (Å²) >= 11 is 0. The summed E-state index contributed by atoms with van der Waals surface area (Å²) < 4.78 is 5.26. The zero-order valence-corrected chi connectivity index (χ0v) is 13.4. The number of nitrogens with two attached hydrogens (primary N) is 1. The van der Waals surface area contributed by atoms with Gasteiger partial charge in [-0.05, 0) is 5.92 Å². The van der Waals surface area contributed by atoms with Crippen LogP contribution < -0.4 is 11.1 Å². The maximum Gasteiger partial charge on any atom is 0.237 e. The monoisotopic (exact) mass is 315 g/mol. The predicted molar refractivity (Wildman–Crippen MR) is 82.2 cm³/mol. The number of halogens is 2. The molecule has 1 aliphatic heterocycles. The number of carbonyl (C=O) groups is 1. The lowest BCUT2D eigenvalue weighted by molar-refractivity contribution is -0.123. The molecule has 2 atom stereocenters. The first kappa shape index (κ1) is 21.2. The minimum atomic E-state index is -0.385. The molecule has 3 N–H and O–H groups in total. The molecule has 1 heterocycles. The van der Waals surface area contributed by atoms with E-state index in [0.717, 1.165) is 39.3 Å². The minimum absolute atomic E-state index is 0. The van der Waals surface area contributed by atoms with Crippen molar-refractivity contribution in [1.82, 2.24) is 10.2 Å². The Labute approximate surface area is 128 Å². The summed E-state index contributed by atoms with van der Waals surface area (Å²) in [6, 6.07) is -0.385. The number of rotatable bonds is 6. The van der Waals surface area contributed by atoms with Gasteiger partial charge < -0.3 is 15.8 Å². The molecule has 0 bridgehead atoms. The Morgan fingerprint density at radius 3 is 2.47 bits per heavy atom. The fourth-order valence-electron chi connectivity index (χ4n) is 1.79. The lowest BCUT2D eigenvalue weighted by Crippen LogP contribution is -2.47. The second kappa shape index (κ2) is 11.7. The summed E-state index contributed by atoms with van der Waals surface area (Å²) in [4.78, 5) is 14.0. The Balaban J connectivity index is 0. The molecule has 5 nitrogen and oxygen atoms in total. The van der Waals surface area contributed by atoms with E-state index in [1.807, 2.05) is 13.8 Å². The van der Waals surface area contributed by atoms with Gasteiger partial charge in [-0.15, -0.1) is 24.8 Å². The smallest absolute Gasteiger partial charge is 0.237 e. The van der Waals surface area contributed by atoms with E-state index >= 15 is 0 Å². The van der Waals surface area contributed by atoms with Crippen LogP contribution in [0, 0.1) is 5.92 Å². The van der Waals surface area contributed by atoms with Crippen LogP contribution in [-0.4, -0.2) is 56.2 Å². The highest BCUT2D eigenvalue weighted by Crippen LogP contribution is 2.04. The van der Waals surface area contributed by atoms with Gasteiger partial charge in [-0.25, -0.2) is 0 Å². The lowest BCUT2D eigenvalue weighted by Gasteiger charge is -2.27. The summed E-state index contributed by atoms with van der Waals surface area (Å²) in [5, 5.41) is 2.90. The van der Waals surface area contributed by atoms with Crippen molar-refractivity contribution in [3.05, 3.63) is 0 Å². The largest absolute Gasteiger partial charge is 0.379 e. The number of nitrogens with zero attached hydrogens (tertiary/aromatic N) is 1. The Bertz CT molecular complexity index is 239. The standard InChI is InChI=1S/C12H25N3O2.2ClH/c1-3-10(2)11(13)12(16)14-4-5-15-6-8-17-9-7-15;;/h10-11H,3-9,13H2,1-2H3,(H,14,16);2*1H. The van der Waals surface area contributed by atoms with E-state index in [1.165, 1.54) is 0 Å². The summed E-state index contributed by atoms with van der Waals surface area (Å²) in [6.45, 7) is 9.09. The molecule has 116 valence electrons. The molecule has 0 saturated carbocycles. The van der Waals surface area contributed by atoms with E-state index in [0.29, 0.717) is 6.54 Å². The van der Waals surface area contributed by atoms with Gasteiger partial charge in [0.2, 0.25) is 5.91 Å². The average molecular weight is 316 g/mol. The van der Waals surface area contributed by atoms with Gasteiger partial charge in [-0.3, -0.25) is 9.69 Å². The van der Waals surface area contributed by atoms with Gasteiger partial charge in [-0.2, -0.15) is 0 Å². The lowest BCUT2D eigenvalue weighted by atomic mass is 9.99. The fourth-order valence-corrected chi connectivity index (χ4v) is 1.79. The van der Waals surface area contributed by atoms with E-state index in [2.05, 4.69) is 10.2 Å². The molecule has 7 heteroatoms. The first-order valence-electron chi connectivity index (χ1n) is 6.48. The summed E-state index contributed by atoms with van der Waals surface area (Å²) in [7, 11) is 0. The molecule has 0 aromatic heterocycles. The molecular formula is C12H27Cl2N3O2. The van der Waals surface area contributed by atoms with Crippen molar-refractivity contribution in [3.63, 3.8) is 0 Å². The van der Waals surface area contributed by atoms with Crippen LogP contribution in [0.1, 0.15) is 20.3 Å². The third-order valence-corrected chi connectivity index (χ3v) is 3.39. The van der Waals surface area contributed by atoms with Gasteiger partial charge in [0.15, 0.2) is 0 Å². The Morgan fingerprint density at radius 1 is 1.37 bits per heavy atom. The second-order valence-electron chi connectivity index (χ2n) is 4.66. The van der Waals surface area contributed by atoms with Gasteiger partial charge in [0.1, 0.15) is 0 Å². The van der Waals surface area contributed by atoms with E-state index in [1.54, 1.807) is 0 Å². The predicted octanol–water partition coefficient (Wildman–Crippen LogP) is 0.652. The molecule has 0 radical (unpaired) electrons. The molecule has 0 aromatic carbocycles. The molecule has 1 amide bonds. The molecule has 0 aliphatic carbocycles. The summed E-state index contributed by atoms with van der Waals surface area (Å²) in [5.74, 6) is 0.200. The second-order valence-corrected chi connectivity index (χ2v) is 4.66. The number of ether oxygens (including phenoxy) is 1. The van der Waals surface area contributed by atoms with E-state index < -0.39 is 0 Å². The van der Waals surface area contributed by atoms with Crippen molar-refractivity contribution >= 4 is 30.7 Å². The van der Waals surface area contributed by atoms with Crippen LogP contribution in [0.2, 0.25) is 0 Å². The number of amides is 1. The highest BCUT2D eigenvalue weighted by Gasteiger charge is 2.19. The molecule has 0 spiro atoms. The van der Waals surface area contributed by atoms with Crippen LogP contribution >= 0.6 is 24.8 Å². The molecule has 1 fully saturated rings. The Morgan fingerprint density at radius 2 is 1.95 bits per heavy atom. The number of hydrogen-bond acceptors (Lipinski definition) is 4. The topological polar surface area (TPSA) is 67.6 Å². The van der Waals surface area contributed by atoms with Gasteiger partial charge >= 0.3 is 0 Å². The zero-order valence-electron chi connectivity index (χ0n) is 11.8. The third-order valence-electron chi connectivity index (χ3n) is 3.39. The first-order valence-corrected chi connectivity index (χ1v) is 6.48. The van der Waals surface area contributed by atoms with Crippen molar-refractivity contribution in [3.8, 4) is 0 Å². The van der Waals surface area contributed by atoms with Gasteiger partial charge in [-0.1, -0.05) is 20.3 Å². The van der Waals surface area contributed by atoms with Crippen LogP contribution in [0.4, 0.5) is 0 Å². The zero-order chi connectivity index (χ0) is 12.7. The molecular weight excluding hydrogens is 289 g/mol. The number of carbonyl (C=O) groups excluding carboxylic acids is 1. The third kappa shape index (κ3) is 7.95. The maximum absolute atomic E-state index is 11.7. The Hall–Kier alpha value is -0.0700. The molecule has 1 rings (SSSR count). The summed E-state index contributed by atoms with van der Waals surface area (Å²) in [6.07, 6.45) is 0.929. The molecule has 0 aromatic rings. The van der Waals surface area contributed by atoms with Crippen LogP contribution in [0.3, 0.4) is 0 Å². The highest BCUT2D eigenvalue weighted by atomic mass is 35.5. The quantitative estimate of drug-likeness (QED) is 0.755. The highest BCUT2D eigenvalue weighted by molar-refractivity contribution is 5.85. The van der Waals surface area contributed by atoms with Gasteiger partial charge in [0, 0.05) is 26.2 Å². The van der Waals surface area contributed by atoms with Gasteiger partial charge in [0.25, 0.3) is 0 Å². The minimum Gasteiger partial charge on any atom is -0.379 e. The van der Waals surface area contributed by atoms with E-state index in [-0.39, 0.29) is 42.7 Å². The average Bonchev–Trinajstić information content (AvgIpc) is 2.38. The number of morpholine rings is 1. The number of nitrogens with one attached hydrogen (secondary N) is 1. The van der Waals surface area contributed by atoms with Crippen LogP contribution in [-0.2, 0) is 9.53 Å². The van der Waals surface area contributed by atoms with E-state index in [9.17, 15) is 4.79 Å². The van der Waals surface area contributed by atoms with Crippen molar-refractivity contribution in [1.29, 1.82) is 0 Å². The van der Waals surface area contributed by atoms with E-state index in [4.69, 9.17) is 10.5 Å². The van der Waals surface area contributed by atoms with Crippen molar-refractivity contribution in [2.45, 2.75) is 26.3 Å². The maximum atomic E-state index is 11.7. The van der Waals surface area contributed by atoms with Crippen molar-refractivity contribution < 1.29 is 9.53 Å². The molecule has 2 unspecified atom stereocenters. The Kier molecular flexibility index (Phi) is 13.1. The SMILES string of the molecule is CCC(C)C(N)C(=O)NCCN1CCOCC1.Cl.Cl. The fraction of sp³-hybridized carbons (Fsp3) is 0.917. The first-order chi connectivity index (χ1) is 8.15. The molecule has 1 saturated heterocycles.